The quantitative estimate of drug-likeness (QED) is 0.602. The number of aryl methyl sites for hydroxylation is 1. The number of aromatic nitrogens is 2. The fourth-order valence-electron chi connectivity index (χ4n) is 4.80. The van der Waals surface area contributed by atoms with E-state index >= 15 is 0 Å². The first-order valence-electron chi connectivity index (χ1n) is 10.2. The third kappa shape index (κ3) is 3.47. The molecule has 0 spiro atoms. The first-order valence-corrected chi connectivity index (χ1v) is 11.0. The van der Waals surface area contributed by atoms with Crippen molar-refractivity contribution in [2.75, 3.05) is 13.1 Å². The number of piperidine rings is 1. The van der Waals surface area contributed by atoms with E-state index in [1.54, 1.807) is 16.9 Å². The minimum absolute atomic E-state index is 0.0214. The second-order valence-electron chi connectivity index (χ2n) is 8.11. The molecular formula is C23H21BrF2N4O. The smallest absolute Gasteiger partial charge is 0.254 e. The molecule has 31 heavy (non-hydrogen) atoms. The Hall–Kier alpha value is -2.58. The van der Waals surface area contributed by atoms with Crippen LogP contribution < -0.4 is 5.32 Å². The first kappa shape index (κ1) is 20.3. The van der Waals surface area contributed by atoms with Crippen molar-refractivity contribution in [3.05, 3.63) is 75.4 Å². The van der Waals surface area contributed by atoms with Gasteiger partial charge in [-0.3, -0.25) is 9.48 Å². The van der Waals surface area contributed by atoms with Crippen LogP contribution in [0.25, 0.3) is 11.3 Å². The molecule has 2 aromatic carbocycles. The molecule has 0 saturated carbocycles. The Morgan fingerprint density at radius 1 is 1.16 bits per heavy atom. The van der Waals surface area contributed by atoms with Crippen molar-refractivity contribution in [3.63, 3.8) is 0 Å². The second kappa shape index (κ2) is 7.84. The molecule has 160 valence electrons. The lowest BCUT2D eigenvalue weighted by atomic mass is 9.85. The van der Waals surface area contributed by atoms with E-state index < -0.39 is 11.6 Å². The van der Waals surface area contributed by atoms with E-state index in [4.69, 9.17) is 0 Å². The van der Waals surface area contributed by atoms with Crippen molar-refractivity contribution < 1.29 is 13.6 Å². The van der Waals surface area contributed by atoms with Crippen molar-refractivity contribution in [2.24, 2.45) is 7.05 Å². The Bertz CT molecular complexity index is 1160. The van der Waals surface area contributed by atoms with Crippen molar-refractivity contribution in [3.8, 4) is 11.3 Å². The summed E-state index contributed by atoms with van der Waals surface area (Å²) in [6.07, 6.45) is 2.50. The predicted molar refractivity (Wildman–Crippen MR) is 117 cm³/mol. The Morgan fingerprint density at radius 2 is 2.00 bits per heavy atom. The maximum atomic E-state index is 13.9. The van der Waals surface area contributed by atoms with Gasteiger partial charge in [0, 0.05) is 37.2 Å². The third-order valence-electron chi connectivity index (χ3n) is 6.33. The lowest BCUT2D eigenvalue weighted by Crippen LogP contribution is -2.50. The van der Waals surface area contributed by atoms with Crippen LogP contribution in [-0.4, -0.2) is 39.7 Å². The summed E-state index contributed by atoms with van der Waals surface area (Å²) in [6.45, 7) is 1.88. The van der Waals surface area contributed by atoms with Gasteiger partial charge in [0.05, 0.1) is 22.4 Å². The van der Waals surface area contributed by atoms with E-state index in [2.05, 4.69) is 26.3 Å². The number of halogens is 3. The third-order valence-corrected chi connectivity index (χ3v) is 6.91. The highest BCUT2D eigenvalue weighted by Gasteiger charge is 2.38. The molecule has 0 aliphatic carbocycles. The van der Waals surface area contributed by atoms with E-state index in [-0.39, 0.29) is 17.9 Å². The van der Waals surface area contributed by atoms with Gasteiger partial charge >= 0.3 is 0 Å². The van der Waals surface area contributed by atoms with Crippen molar-refractivity contribution in [2.45, 2.75) is 24.9 Å². The summed E-state index contributed by atoms with van der Waals surface area (Å²) < 4.78 is 30.0. The molecule has 1 fully saturated rings. The van der Waals surface area contributed by atoms with Gasteiger partial charge in [0.15, 0.2) is 11.6 Å². The number of amides is 1. The number of carbonyl (C=O) groups excluding carboxylic acids is 1. The second-order valence-corrected chi connectivity index (χ2v) is 8.96. The number of nitrogens with one attached hydrogen (secondary N) is 1. The van der Waals surface area contributed by atoms with Crippen molar-refractivity contribution >= 4 is 21.8 Å². The fraction of sp³-hybridized carbons (Fsp3) is 0.304. The zero-order chi connectivity index (χ0) is 21.7. The number of hydrogen-bond donors (Lipinski definition) is 1. The maximum Gasteiger partial charge on any atom is 0.254 e. The zero-order valence-corrected chi connectivity index (χ0v) is 18.5. The number of hydrogen-bond acceptors (Lipinski definition) is 3. The fourth-order valence-corrected chi connectivity index (χ4v) is 5.37. The molecular weight excluding hydrogens is 466 g/mol. The summed E-state index contributed by atoms with van der Waals surface area (Å²) in [4.78, 5) is 15.1. The number of benzene rings is 2. The molecule has 2 aliphatic rings. The predicted octanol–water partition coefficient (Wildman–Crippen LogP) is 4.23. The number of carbonyl (C=O) groups is 1. The summed E-state index contributed by atoms with van der Waals surface area (Å²) in [5.41, 5.74) is 4.32. The van der Waals surface area contributed by atoms with Gasteiger partial charge in [0.25, 0.3) is 5.91 Å². The van der Waals surface area contributed by atoms with E-state index in [9.17, 15) is 13.6 Å². The lowest BCUT2D eigenvalue weighted by molar-refractivity contribution is 0.0645. The minimum Gasteiger partial charge on any atom is -0.329 e. The molecule has 1 N–H and O–H groups in total. The van der Waals surface area contributed by atoms with Crippen LogP contribution in [0.3, 0.4) is 0 Å². The molecule has 1 aromatic heterocycles. The van der Waals surface area contributed by atoms with Gasteiger partial charge < -0.3 is 10.2 Å². The molecule has 5 nitrogen and oxygen atoms in total. The largest absolute Gasteiger partial charge is 0.329 e. The van der Waals surface area contributed by atoms with Crippen LogP contribution in [-0.2, 0) is 13.6 Å². The Kier molecular flexibility index (Phi) is 5.14. The van der Waals surface area contributed by atoms with Crippen LogP contribution >= 0.6 is 15.9 Å². The molecule has 3 aromatic rings. The minimum atomic E-state index is -0.854. The molecule has 0 bridgehead atoms. The van der Waals surface area contributed by atoms with Crippen LogP contribution in [0.1, 0.15) is 33.8 Å². The molecule has 5 rings (SSSR count). The molecule has 1 saturated heterocycles. The first-order chi connectivity index (χ1) is 14.9. The van der Waals surface area contributed by atoms with Gasteiger partial charge in [-0.1, -0.05) is 12.1 Å². The average Bonchev–Trinajstić information content (AvgIpc) is 3.28. The maximum absolute atomic E-state index is 13.9. The molecule has 2 aliphatic heterocycles. The average molecular weight is 487 g/mol. The van der Waals surface area contributed by atoms with E-state index in [1.165, 1.54) is 12.1 Å². The SMILES string of the molecule is Cn1ncc(Br)c1-c1ccc2c(c1)CN([C@@H]1CNCC[C@H]1c1ccc(F)c(F)c1)C2=O. The topological polar surface area (TPSA) is 50.2 Å². The highest BCUT2D eigenvalue weighted by atomic mass is 79.9. The highest BCUT2D eigenvalue weighted by Crippen LogP contribution is 2.37. The normalized spacial score (nSPS) is 20.9. The monoisotopic (exact) mass is 486 g/mol. The standard InChI is InChI=1S/C23H21BrF2N4O/c1-29-22(18(24)10-28-29)14-2-4-17-15(8-14)12-30(23(17)31)21-11-27-7-6-16(21)13-3-5-19(25)20(26)9-13/h2-5,8-10,16,21,27H,6-7,11-12H2,1H3/t16-,21+/m0/s1. The van der Waals surface area contributed by atoms with Gasteiger partial charge in [0.2, 0.25) is 0 Å². The number of fused-ring (bicyclic) bond motifs is 1. The van der Waals surface area contributed by atoms with Gasteiger partial charge in [-0.25, -0.2) is 8.78 Å². The highest BCUT2D eigenvalue weighted by molar-refractivity contribution is 9.10. The Morgan fingerprint density at radius 3 is 2.74 bits per heavy atom. The number of nitrogens with zero attached hydrogens (tertiary/aromatic N) is 3. The van der Waals surface area contributed by atoms with Crippen molar-refractivity contribution in [1.29, 1.82) is 0 Å². The summed E-state index contributed by atoms with van der Waals surface area (Å²) in [6, 6.07) is 9.78. The number of rotatable bonds is 3. The lowest BCUT2D eigenvalue weighted by Gasteiger charge is -2.38. The van der Waals surface area contributed by atoms with Gasteiger partial charge in [0.1, 0.15) is 0 Å². The van der Waals surface area contributed by atoms with Crippen LogP contribution in [0.15, 0.2) is 47.1 Å². The van der Waals surface area contributed by atoms with Gasteiger partial charge in [-0.05, 0) is 64.3 Å². The summed E-state index contributed by atoms with van der Waals surface area (Å²) in [5, 5.41) is 7.63. The van der Waals surface area contributed by atoms with Gasteiger partial charge in [-0.2, -0.15) is 5.10 Å². The summed E-state index contributed by atoms with van der Waals surface area (Å²) in [5.74, 6) is -1.78. The van der Waals surface area contributed by atoms with Crippen LogP contribution in [0.5, 0.6) is 0 Å². The van der Waals surface area contributed by atoms with E-state index in [1.807, 2.05) is 30.1 Å². The molecule has 1 amide bonds. The van der Waals surface area contributed by atoms with E-state index in [0.717, 1.165) is 39.8 Å². The van der Waals surface area contributed by atoms with Crippen LogP contribution in [0, 0.1) is 11.6 Å². The van der Waals surface area contributed by atoms with Gasteiger partial charge in [-0.15, -0.1) is 0 Å². The van der Waals surface area contributed by atoms with Crippen LogP contribution in [0.2, 0.25) is 0 Å². The molecule has 0 radical (unpaired) electrons. The Labute approximate surface area is 187 Å². The molecule has 8 heteroatoms. The molecule has 2 atom stereocenters. The Balaban J connectivity index is 1.47. The molecule has 3 heterocycles. The van der Waals surface area contributed by atoms with E-state index in [0.29, 0.717) is 18.7 Å². The van der Waals surface area contributed by atoms with Crippen molar-refractivity contribution in [1.82, 2.24) is 20.0 Å². The van der Waals surface area contributed by atoms with Crippen LogP contribution in [0.4, 0.5) is 8.78 Å². The zero-order valence-electron chi connectivity index (χ0n) is 16.9. The summed E-state index contributed by atoms with van der Waals surface area (Å²) >= 11 is 3.54. The summed E-state index contributed by atoms with van der Waals surface area (Å²) in [7, 11) is 1.88. The molecule has 0 unspecified atom stereocenters.